The number of hydrogen-bond donors (Lipinski definition) is 1. The first-order chi connectivity index (χ1) is 7.97. The fourth-order valence-corrected chi connectivity index (χ4v) is 2.24. The Morgan fingerprint density at radius 3 is 2.53 bits per heavy atom. The highest BCUT2D eigenvalue weighted by Gasteiger charge is 2.17. The molecule has 0 bridgehead atoms. The standard InChI is InChI=1S/C15H21NO/c1-15(2,3)13-6-4-11-8-9-16-14(17)7-5-12(11)10-13/h4,6,10H,5,7-9H2,1-3H3,(H,16,17). The SMILES string of the molecule is CC(C)(C)c1ccc2c(c1)CCC(=O)NCC2. The van der Waals surface area contributed by atoms with Gasteiger partial charge in [0.15, 0.2) is 0 Å². The molecule has 0 aromatic heterocycles. The number of aryl methyl sites for hydroxylation is 1. The maximum absolute atomic E-state index is 11.4. The van der Waals surface area contributed by atoms with Gasteiger partial charge >= 0.3 is 0 Å². The predicted molar refractivity (Wildman–Crippen MR) is 70.2 cm³/mol. The Morgan fingerprint density at radius 2 is 1.82 bits per heavy atom. The molecule has 1 aliphatic rings. The Kier molecular flexibility index (Phi) is 3.23. The van der Waals surface area contributed by atoms with Crippen LogP contribution in [-0.4, -0.2) is 12.5 Å². The minimum Gasteiger partial charge on any atom is -0.356 e. The first-order valence-corrected chi connectivity index (χ1v) is 6.36. The van der Waals surface area contributed by atoms with Crippen molar-refractivity contribution in [3.05, 3.63) is 34.9 Å². The van der Waals surface area contributed by atoms with Crippen LogP contribution in [0.4, 0.5) is 0 Å². The molecule has 0 unspecified atom stereocenters. The average Bonchev–Trinajstić information content (AvgIpc) is 2.23. The quantitative estimate of drug-likeness (QED) is 0.730. The van der Waals surface area contributed by atoms with Crippen LogP contribution in [0.15, 0.2) is 18.2 Å². The van der Waals surface area contributed by atoms with E-state index in [4.69, 9.17) is 0 Å². The highest BCUT2D eigenvalue weighted by atomic mass is 16.1. The molecular weight excluding hydrogens is 210 g/mol. The number of hydrogen-bond acceptors (Lipinski definition) is 1. The van der Waals surface area contributed by atoms with E-state index in [-0.39, 0.29) is 11.3 Å². The van der Waals surface area contributed by atoms with Crippen LogP contribution in [-0.2, 0) is 23.1 Å². The molecule has 1 aliphatic heterocycles. The Bertz CT molecular complexity index is 429. The van der Waals surface area contributed by atoms with Gasteiger partial charge in [0.1, 0.15) is 0 Å². The molecule has 2 nitrogen and oxygen atoms in total. The fourth-order valence-electron chi connectivity index (χ4n) is 2.24. The lowest BCUT2D eigenvalue weighted by molar-refractivity contribution is -0.121. The zero-order chi connectivity index (χ0) is 12.5. The van der Waals surface area contributed by atoms with Crippen molar-refractivity contribution in [1.82, 2.24) is 5.32 Å². The second-order valence-electron chi connectivity index (χ2n) is 5.83. The van der Waals surface area contributed by atoms with Crippen molar-refractivity contribution in [3.63, 3.8) is 0 Å². The van der Waals surface area contributed by atoms with Gasteiger partial charge in [-0.05, 0) is 34.9 Å². The van der Waals surface area contributed by atoms with E-state index in [0.29, 0.717) is 6.42 Å². The van der Waals surface area contributed by atoms with Gasteiger partial charge < -0.3 is 5.32 Å². The van der Waals surface area contributed by atoms with E-state index < -0.39 is 0 Å². The third-order valence-electron chi connectivity index (χ3n) is 3.41. The van der Waals surface area contributed by atoms with Gasteiger partial charge in [-0.3, -0.25) is 4.79 Å². The molecule has 2 heteroatoms. The number of carbonyl (C=O) groups excluding carboxylic acids is 1. The van der Waals surface area contributed by atoms with Crippen molar-refractivity contribution in [2.75, 3.05) is 6.54 Å². The summed E-state index contributed by atoms with van der Waals surface area (Å²) in [5, 5.41) is 2.93. The lowest BCUT2D eigenvalue weighted by atomic mass is 9.84. The topological polar surface area (TPSA) is 29.1 Å². The van der Waals surface area contributed by atoms with E-state index in [0.717, 1.165) is 19.4 Å². The molecule has 0 spiro atoms. The summed E-state index contributed by atoms with van der Waals surface area (Å²) in [6, 6.07) is 6.74. The van der Waals surface area contributed by atoms with Crippen molar-refractivity contribution in [3.8, 4) is 0 Å². The van der Waals surface area contributed by atoms with Crippen LogP contribution in [0, 0.1) is 0 Å². The van der Waals surface area contributed by atoms with Gasteiger partial charge in [-0.25, -0.2) is 0 Å². The summed E-state index contributed by atoms with van der Waals surface area (Å²) in [6.45, 7) is 7.44. The zero-order valence-electron chi connectivity index (χ0n) is 11.0. The molecular formula is C15H21NO. The van der Waals surface area contributed by atoms with Gasteiger partial charge in [0, 0.05) is 13.0 Å². The number of benzene rings is 1. The van der Waals surface area contributed by atoms with Crippen molar-refractivity contribution in [2.24, 2.45) is 0 Å². The molecule has 2 rings (SSSR count). The lowest BCUT2D eigenvalue weighted by Crippen LogP contribution is -2.28. The van der Waals surface area contributed by atoms with Crippen LogP contribution >= 0.6 is 0 Å². The van der Waals surface area contributed by atoms with Crippen molar-refractivity contribution in [2.45, 2.75) is 45.4 Å². The molecule has 1 aromatic rings. The van der Waals surface area contributed by atoms with Gasteiger partial charge in [0.05, 0.1) is 0 Å². The van der Waals surface area contributed by atoms with E-state index in [1.807, 2.05) is 0 Å². The van der Waals surface area contributed by atoms with E-state index in [1.54, 1.807) is 0 Å². The van der Waals surface area contributed by atoms with Crippen LogP contribution < -0.4 is 5.32 Å². The Labute approximate surface area is 103 Å². The maximum Gasteiger partial charge on any atom is 0.220 e. The van der Waals surface area contributed by atoms with Crippen LogP contribution in [0.25, 0.3) is 0 Å². The number of carbonyl (C=O) groups is 1. The van der Waals surface area contributed by atoms with Crippen LogP contribution in [0.2, 0.25) is 0 Å². The molecule has 0 radical (unpaired) electrons. The summed E-state index contributed by atoms with van der Waals surface area (Å²) >= 11 is 0. The fraction of sp³-hybridized carbons (Fsp3) is 0.533. The summed E-state index contributed by atoms with van der Waals surface area (Å²) < 4.78 is 0. The molecule has 1 heterocycles. The highest BCUT2D eigenvalue weighted by Crippen LogP contribution is 2.25. The second kappa shape index (κ2) is 4.52. The largest absolute Gasteiger partial charge is 0.356 e. The third kappa shape index (κ3) is 2.87. The second-order valence-corrected chi connectivity index (χ2v) is 5.83. The van der Waals surface area contributed by atoms with E-state index in [9.17, 15) is 4.79 Å². The molecule has 1 N–H and O–H groups in total. The molecule has 1 amide bonds. The monoisotopic (exact) mass is 231 g/mol. The molecule has 0 saturated heterocycles. The number of rotatable bonds is 0. The first-order valence-electron chi connectivity index (χ1n) is 6.36. The molecule has 0 fully saturated rings. The summed E-state index contributed by atoms with van der Waals surface area (Å²) in [5.74, 6) is 0.178. The van der Waals surface area contributed by atoms with Crippen molar-refractivity contribution in [1.29, 1.82) is 0 Å². The Morgan fingerprint density at radius 1 is 1.06 bits per heavy atom. The van der Waals surface area contributed by atoms with Crippen molar-refractivity contribution < 1.29 is 4.79 Å². The van der Waals surface area contributed by atoms with Crippen LogP contribution in [0.5, 0.6) is 0 Å². The third-order valence-corrected chi connectivity index (χ3v) is 3.41. The minimum absolute atomic E-state index is 0.178. The smallest absolute Gasteiger partial charge is 0.220 e. The van der Waals surface area contributed by atoms with Crippen LogP contribution in [0.1, 0.15) is 43.9 Å². The van der Waals surface area contributed by atoms with Gasteiger partial charge in [-0.1, -0.05) is 39.0 Å². The lowest BCUT2D eigenvalue weighted by Gasteiger charge is -2.22. The summed E-state index contributed by atoms with van der Waals surface area (Å²) in [4.78, 5) is 11.4. The summed E-state index contributed by atoms with van der Waals surface area (Å²) in [6.07, 6.45) is 2.43. The highest BCUT2D eigenvalue weighted by molar-refractivity contribution is 5.76. The molecule has 0 atom stereocenters. The number of nitrogens with one attached hydrogen (secondary N) is 1. The number of fused-ring (bicyclic) bond motifs is 1. The molecule has 1 aromatic carbocycles. The Hall–Kier alpha value is -1.31. The first kappa shape index (κ1) is 12.2. The van der Waals surface area contributed by atoms with Gasteiger partial charge in [-0.2, -0.15) is 0 Å². The summed E-state index contributed by atoms with van der Waals surface area (Å²) in [7, 11) is 0. The zero-order valence-corrected chi connectivity index (χ0v) is 11.0. The predicted octanol–water partition coefficient (Wildman–Crippen LogP) is 2.59. The number of amides is 1. The summed E-state index contributed by atoms with van der Waals surface area (Å²) in [5.41, 5.74) is 4.28. The Balaban J connectivity index is 2.33. The van der Waals surface area contributed by atoms with E-state index >= 15 is 0 Å². The van der Waals surface area contributed by atoms with Crippen LogP contribution in [0.3, 0.4) is 0 Å². The van der Waals surface area contributed by atoms with Crippen molar-refractivity contribution >= 4 is 5.91 Å². The van der Waals surface area contributed by atoms with Gasteiger partial charge in [-0.15, -0.1) is 0 Å². The maximum atomic E-state index is 11.4. The molecule has 0 aliphatic carbocycles. The van der Waals surface area contributed by atoms with Gasteiger partial charge in [0.2, 0.25) is 5.91 Å². The molecule has 17 heavy (non-hydrogen) atoms. The molecule has 92 valence electrons. The minimum atomic E-state index is 0.178. The van der Waals surface area contributed by atoms with Gasteiger partial charge in [0.25, 0.3) is 0 Å². The normalized spacial score (nSPS) is 16.8. The van der Waals surface area contributed by atoms with E-state index in [2.05, 4.69) is 44.3 Å². The average molecular weight is 231 g/mol. The van der Waals surface area contributed by atoms with E-state index in [1.165, 1.54) is 16.7 Å². The molecule has 0 saturated carbocycles.